The number of aryl methyl sites for hydroxylation is 2. The van der Waals surface area contributed by atoms with E-state index >= 15 is 0 Å². The van der Waals surface area contributed by atoms with Crippen LogP contribution in [0, 0.1) is 6.92 Å². The van der Waals surface area contributed by atoms with Gasteiger partial charge < -0.3 is 10.0 Å². The van der Waals surface area contributed by atoms with Gasteiger partial charge in [-0.2, -0.15) is 0 Å². The quantitative estimate of drug-likeness (QED) is 0.879. The predicted octanol–water partition coefficient (Wildman–Crippen LogP) is 3.65. The van der Waals surface area contributed by atoms with Gasteiger partial charge in [0.25, 0.3) is 0 Å². The number of aliphatic carboxylic acids is 1. The van der Waals surface area contributed by atoms with Crippen molar-refractivity contribution in [2.24, 2.45) is 0 Å². The minimum absolute atomic E-state index is 0.00140. The lowest BCUT2D eigenvalue weighted by atomic mass is 10.1. The molecule has 0 aliphatic carbocycles. The molecule has 3 heteroatoms. The van der Waals surface area contributed by atoms with Crippen molar-refractivity contribution in [3.05, 3.63) is 65.2 Å². The maximum atomic E-state index is 11.1. The molecule has 0 unspecified atom stereocenters. The molecule has 0 amide bonds. The summed E-state index contributed by atoms with van der Waals surface area (Å²) in [5.41, 5.74) is 4.51. The third-order valence-corrected chi connectivity index (χ3v) is 3.53. The number of benzene rings is 2. The van der Waals surface area contributed by atoms with Crippen molar-refractivity contribution in [3.63, 3.8) is 0 Å². The van der Waals surface area contributed by atoms with Gasteiger partial charge in [0.05, 0.1) is 0 Å². The van der Waals surface area contributed by atoms with Gasteiger partial charge in [-0.3, -0.25) is 4.79 Å². The van der Waals surface area contributed by atoms with Crippen LogP contribution >= 0.6 is 0 Å². The van der Waals surface area contributed by atoms with Crippen molar-refractivity contribution in [2.75, 3.05) is 11.4 Å². The van der Waals surface area contributed by atoms with Crippen LogP contribution in [0.15, 0.2) is 48.5 Å². The highest BCUT2D eigenvalue weighted by molar-refractivity contribution is 5.73. The zero-order valence-electron chi connectivity index (χ0n) is 12.5. The summed E-state index contributed by atoms with van der Waals surface area (Å²) < 4.78 is 0. The lowest BCUT2D eigenvalue weighted by Gasteiger charge is -2.23. The molecule has 2 aromatic rings. The molecule has 0 radical (unpaired) electrons. The van der Waals surface area contributed by atoms with E-state index in [2.05, 4.69) is 31.2 Å². The van der Waals surface area contributed by atoms with Crippen LogP contribution in [-0.2, 0) is 17.8 Å². The minimum Gasteiger partial charge on any atom is -0.480 e. The fourth-order valence-electron chi connectivity index (χ4n) is 2.26. The highest BCUT2D eigenvalue weighted by atomic mass is 16.4. The monoisotopic (exact) mass is 283 g/mol. The first-order valence-electron chi connectivity index (χ1n) is 7.19. The van der Waals surface area contributed by atoms with E-state index in [1.54, 1.807) is 0 Å². The summed E-state index contributed by atoms with van der Waals surface area (Å²) in [6, 6.07) is 16.3. The Morgan fingerprint density at radius 2 is 1.57 bits per heavy atom. The third-order valence-electron chi connectivity index (χ3n) is 3.53. The molecule has 21 heavy (non-hydrogen) atoms. The normalized spacial score (nSPS) is 10.4. The molecule has 0 aromatic heterocycles. The van der Waals surface area contributed by atoms with E-state index in [0.29, 0.717) is 6.54 Å². The maximum Gasteiger partial charge on any atom is 0.323 e. The molecule has 0 atom stereocenters. The largest absolute Gasteiger partial charge is 0.480 e. The van der Waals surface area contributed by atoms with Crippen LogP contribution in [0.2, 0.25) is 0 Å². The van der Waals surface area contributed by atoms with E-state index in [-0.39, 0.29) is 6.54 Å². The van der Waals surface area contributed by atoms with Gasteiger partial charge >= 0.3 is 5.97 Å². The van der Waals surface area contributed by atoms with Gasteiger partial charge in [0.2, 0.25) is 0 Å². The number of carboxylic acid groups (broad SMARTS) is 1. The zero-order valence-corrected chi connectivity index (χ0v) is 12.5. The zero-order chi connectivity index (χ0) is 15.2. The Morgan fingerprint density at radius 1 is 1.00 bits per heavy atom. The maximum absolute atomic E-state index is 11.1. The highest BCUT2D eigenvalue weighted by Crippen LogP contribution is 2.18. The van der Waals surface area contributed by atoms with E-state index in [0.717, 1.165) is 17.7 Å². The van der Waals surface area contributed by atoms with E-state index in [9.17, 15) is 4.79 Å². The average Bonchev–Trinajstić information content (AvgIpc) is 2.48. The van der Waals surface area contributed by atoms with Crippen molar-refractivity contribution in [1.29, 1.82) is 0 Å². The molecule has 0 saturated carbocycles. The summed E-state index contributed by atoms with van der Waals surface area (Å²) in [6.07, 6.45) is 1.01. The van der Waals surface area contributed by atoms with Crippen LogP contribution in [0.5, 0.6) is 0 Å². The standard InChI is InChI=1S/C18H21NO2/c1-3-15-6-8-16(9-7-15)12-19(13-18(20)21)17-10-4-14(2)5-11-17/h4-11H,3,12-13H2,1-2H3,(H,20,21). The summed E-state index contributed by atoms with van der Waals surface area (Å²) in [7, 11) is 0. The van der Waals surface area contributed by atoms with Gasteiger partial charge in [-0.15, -0.1) is 0 Å². The fourth-order valence-corrected chi connectivity index (χ4v) is 2.26. The fraction of sp³-hybridized carbons (Fsp3) is 0.278. The van der Waals surface area contributed by atoms with E-state index in [4.69, 9.17) is 5.11 Å². The van der Waals surface area contributed by atoms with Crippen LogP contribution in [0.4, 0.5) is 5.69 Å². The first-order chi connectivity index (χ1) is 10.1. The van der Waals surface area contributed by atoms with Gasteiger partial charge in [-0.25, -0.2) is 0 Å². The number of anilines is 1. The smallest absolute Gasteiger partial charge is 0.323 e. The van der Waals surface area contributed by atoms with Crippen molar-refractivity contribution >= 4 is 11.7 Å². The summed E-state index contributed by atoms with van der Waals surface area (Å²) in [4.78, 5) is 13.0. The Bertz CT molecular complexity index is 588. The van der Waals surface area contributed by atoms with Crippen molar-refractivity contribution in [1.82, 2.24) is 0 Å². The van der Waals surface area contributed by atoms with Gasteiger partial charge in [0, 0.05) is 12.2 Å². The van der Waals surface area contributed by atoms with Crippen molar-refractivity contribution in [2.45, 2.75) is 26.8 Å². The Morgan fingerprint density at radius 3 is 2.10 bits per heavy atom. The van der Waals surface area contributed by atoms with Crippen LogP contribution < -0.4 is 4.90 Å². The molecule has 1 N–H and O–H groups in total. The van der Waals surface area contributed by atoms with E-state index < -0.39 is 5.97 Å². The molecular weight excluding hydrogens is 262 g/mol. The molecule has 0 aliphatic rings. The second-order valence-electron chi connectivity index (χ2n) is 5.26. The molecule has 0 fully saturated rings. The Hall–Kier alpha value is -2.29. The minimum atomic E-state index is -0.819. The third kappa shape index (κ3) is 4.35. The van der Waals surface area contributed by atoms with Crippen molar-refractivity contribution in [3.8, 4) is 0 Å². The molecule has 110 valence electrons. The molecule has 2 rings (SSSR count). The van der Waals surface area contributed by atoms with Crippen LogP contribution in [0.3, 0.4) is 0 Å². The SMILES string of the molecule is CCc1ccc(CN(CC(=O)O)c2ccc(C)cc2)cc1. The Labute approximate surface area is 125 Å². The first kappa shape index (κ1) is 15.1. The van der Waals surface area contributed by atoms with E-state index in [1.807, 2.05) is 36.1 Å². The highest BCUT2D eigenvalue weighted by Gasteiger charge is 2.11. The van der Waals surface area contributed by atoms with E-state index in [1.165, 1.54) is 11.1 Å². The van der Waals surface area contributed by atoms with Crippen LogP contribution in [-0.4, -0.2) is 17.6 Å². The topological polar surface area (TPSA) is 40.5 Å². The number of hydrogen-bond acceptors (Lipinski definition) is 2. The number of hydrogen-bond donors (Lipinski definition) is 1. The number of rotatable bonds is 6. The summed E-state index contributed by atoms with van der Waals surface area (Å²) in [5.74, 6) is -0.819. The number of nitrogens with zero attached hydrogens (tertiary/aromatic N) is 1. The first-order valence-corrected chi connectivity index (χ1v) is 7.19. The summed E-state index contributed by atoms with van der Waals surface area (Å²) >= 11 is 0. The van der Waals surface area contributed by atoms with Gasteiger partial charge in [-0.1, -0.05) is 48.9 Å². The molecule has 0 heterocycles. The molecule has 0 aliphatic heterocycles. The lowest BCUT2D eigenvalue weighted by molar-refractivity contribution is -0.135. The Balaban J connectivity index is 2.19. The van der Waals surface area contributed by atoms with Gasteiger partial charge in [0.15, 0.2) is 0 Å². The predicted molar refractivity (Wildman–Crippen MR) is 85.7 cm³/mol. The van der Waals surface area contributed by atoms with Gasteiger partial charge in [-0.05, 0) is 36.6 Å². The second kappa shape index (κ2) is 6.93. The number of carbonyl (C=O) groups is 1. The average molecular weight is 283 g/mol. The molecular formula is C18H21NO2. The molecule has 0 spiro atoms. The summed E-state index contributed by atoms with van der Waals surface area (Å²) in [5, 5.41) is 9.12. The van der Waals surface area contributed by atoms with Gasteiger partial charge in [0.1, 0.15) is 6.54 Å². The van der Waals surface area contributed by atoms with Crippen LogP contribution in [0.1, 0.15) is 23.6 Å². The lowest BCUT2D eigenvalue weighted by Crippen LogP contribution is -2.29. The van der Waals surface area contributed by atoms with Crippen LogP contribution in [0.25, 0.3) is 0 Å². The Kier molecular flexibility index (Phi) is 4.99. The summed E-state index contributed by atoms with van der Waals surface area (Å²) in [6.45, 7) is 4.74. The molecule has 2 aromatic carbocycles. The molecule has 0 saturated heterocycles. The van der Waals surface area contributed by atoms with Crippen molar-refractivity contribution < 1.29 is 9.90 Å². The number of carboxylic acids is 1. The second-order valence-corrected chi connectivity index (χ2v) is 5.26. The molecule has 3 nitrogen and oxygen atoms in total. The molecule has 0 bridgehead atoms.